The lowest BCUT2D eigenvalue weighted by molar-refractivity contribution is 0.130. The second-order valence-electron chi connectivity index (χ2n) is 6.50. The largest absolute Gasteiger partial charge is 0.454 e. The van der Waals surface area contributed by atoms with Crippen molar-refractivity contribution in [1.82, 2.24) is 0 Å². The Morgan fingerprint density at radius 3 is 1.79 bits per heavy atom. The first-order valence-corrected chi connectivity index (χ1v) is 9.08. The third-order valence-electron chi connectivity index (χ3n) is 4.55. The molecule has 0 saturated heterocycles. The summed E-state index contributed by atoms with van der Waals surface area (Å²) in [4.78, 5) is 5.65. The zero-order valence-corrected chi connectivity index (χ0v) is 15.0. The van der Waals surface area contributed by atoms with Crippen LogP contribution in [0.1, 0.15) is 17.1 Å². The van der Waals surface area contributed by atoms with E-state index in [1.54, 1.807) is 0 Å². The summed E-state index contributed by atoms with van der Waals surface area (Å²) < 4.78 is 12.0. The van der Waals surface area contributed by atoms with E-state index in [-0.39, 0.29) is 0 Å². The first-order valence-electron chi connectivity index (χ1n) is 9.08. The van der Waals surface area contributed by atoms with Crippen LogP contribution in [0.4, 0.5) is 0 Å². The van der Waals surface area contributed by atoms with E-state index in [4.69, 9.17) is 13.7 Å². The Bertz CT molecular complexity index is 1120. The van der Waals surface area contributed by atoms with Crippen LogP contribution in [0.25, 0.3) is 21.9 Å². The molecule has 28 heavy (non-hydrogen) atoms. The van der Waals surface area contributed by atoms with Crippen LogP contribution >= 0.6 is 0 Å². The molecule has 0 aliphatic heterocycles. The molecule has 0 aliphatic rings. The van der Waals surface area contributed by atoms with E-state index in [2.05, 4.69) is 5.16 Å². The van der Waals surface area contributed by atoms with E-state index in [9.17, 15) is 0 Å². The number of hydrogen-bond donors (Lipinski definition) is 0. The van der Waals surface area contributed by atoms with Crippen molar-refractivity contribution in [1.29, 1.82) is 0 Å². The Morgan fingerprint density at radius 2 is 1.21 bits per heavy atom. The summed E-state index contributed by atoms with van der Waals surface area (Å²) in [6.07, 6.45) is 0. The average molecular weight is 367 g/mol. The lowest BCUT2D eigenvalue weighted by atomic mass is 10.2. The summed E-state index contributed by atoms with van der Waals surface area (Å²) in [5, 5.41) is 6.39. The number of oxime groups is 1. The fourth-order valence-electron chi connectivity index (χ4n) is 3.15. The molecule has 136 valence electrons. The summed E-state index contributed by atoms with van der Waals surface area (Å²) in [5.41, 5.74) is 3.16. The van der Waals surface area contributed by atoms with Gasteiger partial charge in [-0.2, -0.15) is 0 Å². The minimum atomic E-state index is 0.366. The van der Waals surface area contributed by atoms with Crippen molar-refractivity contribution < 1.29 is 13.7 Å². The van der Waals surface area contributed by atoms with Gasteiger partial charge in [0, 0.05) is 10.8 Å². The quantitative estimate of drug-likeness (QED) is 0.276. The predicted molar refractivity (Wildman–Crippen MR) is 109 cm³/mol. The van der Waals surface area contributed by atoms with Gasteiger partial charge >= 0.3 is 0 Å². The Balaban J connectivity index is 1.55. The molecule has 5 aromatic rings. The highest BCUT2D eigenvalue weighted by Crippen LogP contribution is 2.26. The molecule has 4 nitrogen and oxygen atoms in total. The zero-order valence-electron chi connectivity index (χ0n) is 15.0. The van der Waals surface area contributed by atoms with E-state index in [1.165, 1.54) is 0 Å². The molecule has 0 N–H and O–H groups in total. The molecule has 0 aliphatic carbocycles. The van der Waals surface area contributed by atoms with Crippen molar-refractivity contribution in [3.8, 4) is 0 Å². The van der Waals surface area contributed by atoms with Gasteiger partial charge in [-0.15, -0.1) is 0 Å². The first-order chi connectivity index (χ1) is 13.9. The van der Waals surface area contributed by atoms with Gasteiger partial charge in [0.25, 0.3) is 0 Å². The van der Waals surface area contributed by atoms with Crippen LogP contribution in [0.15, 0.2) is 105 Å². The molecule has 0 spiro atoms. The highest BCUT2D eigenvalue weighted by molar-refractivity contribution is 6.12. The molecule has 5 rings (SSSR count). The fourth-order valence-corrected chi connectivity index (χ4v) is 3.15. The standard InChI is InChI=1S/C24H17NO3/c1-2-8-17(9-3-1)16-26-25-24(22-14-18-10-4-6-12-20(18)27-22)23-15-19-11-5-7-13-21(19)28-23/h1-15H,16H2. The maximum Gasteiger partial charge on any atom is 0.187 e. The van der Waals surface area contributed by atoms with Crippen LogP contribution in [0, 0.1) is 0 Å². The summed E-state index contributed by atoms with van der Waals surface area (Å²) in [6.45, 7) is 0.366. The average Bonchev–Trinajstić information content (AvgIpc) is 3.36. The molecule has 3 aromatic carbocycles. The smallest absolute Gasteiger partial charge is 0.187 e. The van der Waals surface area contributed by atoms with Gasteiger partial charge in [-0.05, 0) is 29.8 Å². The van der Waals surface area contributed by atoms with Gasteiger partial charge in [0.1, 0.15) is 17.8 Å². The van der Waals surface area contributed by atoms with Crippen molar-refractivity contribution in [2.75, 3.05) is 0 Å². The summed E-state index contributed by atoms with van der Waals surface area (Å²) in [6, 6.07) is 29.5. The topological polar surface area (TPSA) is 47.9 Å². The van der Waals surface area contributed by atoms with Gasteiger partial charge in [0.15, 0.2) is 17.2 Å². The van der Waals surface area contributed by atoms with Crippen LogP contribution < -0.4 is 0 Å². The summed E-state index contributed by atoms with van der Waals surface area (Å²) in [7, 11) is 0. The third kappa shape index (κ3) is 3.16. The molecule has 0 unspecified atom stereocenters. The lowest BCUT2D eigenvalue weighted by Crippen LogP contribution is -2.02. The Kier molecular flexibility index (Phi) is 4.14. The maximum absolute atomic E-state index is 6.01. The van der Waals surface area contributed by atoms with Crippen molar-refractivity contribution >= 4 is 27.7 Å². The number of para-hydroxylation sites is 2. The van der Waals surface area contributed by atoms with Crippen molar-refractivity contribution in [2.24, 2.45) is 5.16 Å². The third-order valence-corrected chi connectivity index (χ3v) is 4.55. The molecule has 0 atom stereocenters. The minimum Gasteiger partial charge on any atom is -0.454 e. The van der Waals surface area contributed by atoms with E-state index < -0.39 is 0 Å². The zero-order chi connectivity index (χ0) is 18.8. The van der Waals surface area contributed by atoms with Crippen LogP contribution in [-0.4, -0.2) is 5.71 Å². The van der Waals surface area contributed by atoms with E-state index >= 15 is 0 Å². The second-order valence-corrected chi connectivity index (χ2v) is 6.50. The SMILES string of the molecule is c1ccc(CON=C(c2cc3ccccc3o2)c2cc3ccccc3o2)cc1. The van der Waals surface area contributed by atoms with Gasteiger partial charge in [-0.3, -0.25) is 0 Å². The van der Waals surface area contributed by atoms with E-state index in [0.717, 1.165) is 27.5 Å². The summed E-state index contributed by atoms with van der Waals surface area (Å²) >= 11 is 0. The fraction of sp³-hybridized carbons (Fsp3) is 0.0417. The molecule has 0 bridgehead atoms. The van der Waals surface area contributed by atoms with Crippen molar-refractivity contribution in [3.05, 3.63) is 108 Å². The molecule has 0 amide bonds. The molecular formula is C24H17NO3. The highest BCUT2D eigenvalue weighted by atomic mass is 16.6. The van der Waals surface area contributed by atoms with Gasteiger partial charge in [-0.1, -0.05) is 71.9 Å². The Labute approximate surface area is 161 Å². The van der Waals surface area contributed by atoms with Gasteiger partial charge in [0.2, 0.25) is 0 Å². The Hall–Kier alpha value is -3.79. The highest BCUT2D eigenvalue weighted by Gasteiger charge is 2.18. The van der Waals surface area contributed by atoms with Gasteiger partial charge in [0.05, 0.1) is 0 Å². The van der Waals surface area contributed by atoms with Crippen LogP contribution in [-0.2, 0) is 11.4 Å². The summed E-state index contributed by atoms with van der Waals surface area (Å²) in [5.74, 6) is 1.21. The number of rotatable bonds is 5. The number of hydrogen-bond acceptors (Lipinski definition) is 4. The lowest BCUT2D eigenvalue weighted by Gasteiger charge is -2.02. The molecule has 0 fully saturated rings. The van der Waals surface area contributed by atoms with Crippen molar-refractivity contribution in [3.63, 3.8) is 0 Å². The maximum atomic E-state index is 6.01. The molecular weight excluding hydrogens is 350 g/mol. The number of fused-ring (bicyclic) bond motifs is 2. The number of nitrogens with zero attached hydrogens (tertiary/aromatic N) is 1. The monoisotopic (exact) mass is 367 g/mol. The molecule has 2 heterocycles. The molecule has 0 radical (unpaired) electrons. The normalized spacial score (nSPS) is 11.0. The van der Waals surface area contributed by atoms with Crippen LogP contribution in [0.2, 0.25) is 0 Å². The predicted octanol–water partition coefficient (Wildman–Crippen LogP) is 6.15. The number of benzene rings is 3. The minimum absolute atomic E-state index is 0.366. The first kappa shape index (κ1) is 16.4. The molecule has 4 heteroatoms. The molecule has 2 aromatic heterocycles. The van der Waals surface area contributed by atoms with Gasteiger partial charge < -0.3 is 13.7 Å². The van der Waals surface area contributed by atoms with Crippen LogP contribution in [0.5, 0.6) is 0 Å². The van der Waals surface area contributed by atoms with Crippen molar-refractivity contribution in [2.45, 2.75) is 6.61 Å². The second kappa shape index (κ2) is 7.08. The van der Waals surface area contributed by atoms with Gasteiger partial charge in [-0.25, -0.2) is 0 Å². The molecule has 0 saturated carbocycles. The number of furan rings is 2. The van der Waals surface area contributed by atoms with E-state index in [0.29, 0.717) is 23.8 Å². The van der Waals surface area contributed by atoms with E-state index in [1.807, 2.05) is 91.0 Å². The van der Waals surface area contributed by atoms with Crippen LogP contribution in [0.3, 0.4) is 0 Å². The Morgan fingerprint density at radius 1 is 0.679 bits per heavy atom.